The number of benzene rings is 2. The van der Waals surface area contributed by atoms with Gasteiger partial charge in [-0.15, -0.1) is 6.07 Å². The summed E-state index contributed by atoms with van der Waals surface area (Å²) in [5.74, 6) is 1.79. The van der Waals surface area contributed by atoms with E-state index < -0.39 is 0 Å². The van der Waals surface area contributed by atoms with Crippen molar-refractivity contribution in [3.8, 4) is 11.5 Å². The molecule has 0 saturated carbocycles. The van der Waals surface area contributed by atoms with Crippen LogP contribution in [0.1, 0.15) is 0 Å². The first-order valence-corrected chi connectivity index (χ1v) is 6.97. The van der Waals surface area contributed by atoms with Crippen molar-refractivity contribution in [2.75, 3.05) is 0 Å². The van der Waals surface area contributed by atoms with Crippen LogP contribution in [0.4, 0.5) is 0 Å². The third-order valence-electron chi connectivity index (χ3n) is 3.17. The van der Waals surface area contributed by atoms with Gasteiger partial charge in [0.05, 0.1) is 0 Å². The predicted molar refractivity (Wildman–Crippen MR) is 91.7 cm³/mol. The molecule has 2 N–H and O–H groups in total. The summed E-state index contributed by atoms with van der Waals surface area (Å²) in [5, 5.41) is 2.35. The van der Waals surface area contributed by atoms with Crippen molar-refractivity contribution in [2.24, 2.45) is 0 Å². The van der Waals surface area contributed by atoms with Crippen molar-refractivity contribution in [3.63, 3.8) is 0 Å². The minimum absolute atomic E-state index is 0. The van der Waals surface area contributed by atoms with Crippen LogP contribution in [-0.2, 0) is 17.1 Å². The van der Waals surface area contributed by atoms with Crippen LogP contribution in [0.5, 0.6) is 11.5 Å². The van der Waals surface area contributed by atoms with Gasteiger partial charge in [-0.05, 0) is 11.5 Å². The van der Waals surface area contributed by atoms with Crippen LogP contribution in [0.15, 0.2) is 97.1 Å². The molecule has 2 nitrogen and oxygen atoms in total. The Balaban J connectivity index is 0.000000328. The summed E-state index contributed by atoms with van der Waals surface area (Å²) in [7, 11) is 0. The molecule has 0 saturated heterocycles. The largest absolute Gasteiger partial charge is 2.00 e. The second-order valence-electron chi connectivity index (χ2n) is 4.66. The van der Waals surface area contributed by atoms with Crippen LogP contribution in [-0.4, -0.2) is 5.48 Å². The van der Waals surface area contributed by atoms with E-state index in [1.807, 2.05) is 78.9 Å². The standard InChI is InChI=1S/C15H11O.C5H5.Fe.H2O/c1-4-10-14-12(6-1)7-5-11-15(14)16-13-8-2-3-9-13;1-2-4-5-3-1;;/h1-11H;1-5H;;1H2/q2*-1;+2;. The fourth-order valence-electron chi connectivity index (χ4n) is 2.16. The Morgan fingerprint density at radius 1 is 0.696 bits per heavy atom. The number of fused-ring (bicyclic) bond motifs is 1. The first-order valence-electron chi connectivity index (χ1n) is 6.97. The average molecular weight is 346 g/mol. The van der Waals surface area contributed by atoms with Gasteiger partial charge in [-0.25, -0.2) is 18.2 Å². The fourth-order valence-corrected chi connectivity index (χ4v) is 2.16. The number of hydrogen-bond acceptors (Lipinski definition) is 1. The molecule has 0 bridgehead atoms. The quantitative estimate of drug-likeness (QED) is 0.375. The van der Waals surface area contributed by atoms with E-state index in [-0.39, 0.29) is 22.5 Å². The van der Waals surface area contributed by atoms with Crippen LogP contribution in [0.2, 0.25) is 0 Å². The van der Waals surface area contributed by atoms with Crippen molar-refractivity contribution in [3.05, 3.63) is 97.1 Å². The van der Waals surface area contributed by atoms with Gasteiger partial charge in [0.25, 0.3) is 0 Å². The summed E-state index contributed by atoms with van der Waals surface area (Å²) in [5.41, 5.74) is 0. The van der Waals surface area contributed by atoms with E-state index in [1.165, 1.54) is 5.39 Å². The zero-order chi connectivity index (χ0) is 14.3. The van der Waals surface area contributed by atoms with Crippen LogP contribution in [0.25, 0.3) is 10.8 Å². The zero-order valence-corrected chi connectivity index (χ0v) is 13.6. The number of rotatable bonds is 2. The van der Waals surface area contributed by atoms with Gasteiger partial charge in [-0.3, -0.25) is 0 Å². The Bertz CT molecular complexity index is 752. The minimum atomic E-state index is 0. The normalized spacial score (nSPS) is 9.04. The van der Waals surface area contributed by atoms with E-state index in [4.69, 9.17) is 4.74 Å². The van der Waals surface area contributed by atoms with Crippen molar-refractivity contribution in [2.45, 2.75) is 0 Å². The van der Waals surface area contributed by atoms with E-state index >= 15 is 0 Å². The topological polar surface area (TPSA) is 40.7 Å². The van der Waals surface area contributed by atoms with Crippen LogP contribution in [0, 0.1) is 0 Å². The van der Waals surface area contributed by atoms with Gasteiger partial charge in [-0.1, -0.05) is 36.4 Å². The monoisotopic (exact) mass is 346 g/mol. The predicted octanol–water partition coefficient (Wildman–Crippen LogP) is 4.93. The molecule has 23 heavy (non-hydrogen) atoms. The van der Waals surface area contributed by atoms with Gasteiger partial charge in [0.1, 0.15) is 5.75 Å². The fraction of sp³-hybridized carbons (Fsp3) is 0. The first kappa shape index (κ1) is 18.7. The van der Waals surface area contributed by atoms with Crippen LogP contribution in [0.3, 0.4) is 0 Å². The Kier molecular flexibility index (Phi) is 7.86. The van der Waals surface area contributed by atoms with Crippen LogP contribution < -0.4 is 4.74 Å². The molecule has 0 aromatic heterocycles. The molecule has 0 atom stereocenters. The maximum absolute atomic E-state index is 5.83. The number of ether oxygens (including phenoxy) is 1. The molecule has 0 radical (unpaired) electrons. The van der Waals surface area contributed by atoms with E-state index in [0.717, 1.165) is 16.9 Å². The van der Waals surface area contributed by atoms with Gasteiger partial charge in [-0.2, -0.15) is 30.3 Å². The molecule has 4 aromatic rings. The van der Waals surface area contributed by atoms with E-state index in [2.05, 4.69) is 18.2 Å². The van der Waals surface area contributed by atoms with Crippen molar-refractivity contribution in [1.29, 1.82) is 0 Å². The summed E-state index contributed by atoms with van der Waals surface area (Å²) >= 11 is 0. The van der Waals surface area contributed by atoms with Gasteiger partial charge < -0.3 is 10.2 Å². The Morgan fingerprint density at radius 3 is 2.09 bits per heavy atom. The summed E-state index contributed by atoms with van der Waals surface area (Å²) < 4.78 is 5.83. The number of hydrogen-bond donors (Lipinski definition) is 0. The Labute approximate surface area is 146 Å². The van der Waals surface area contributed by atoms with Crippen LogP contribution >= 0.6 is 0 Å². The molecule has 0 aliphatic rings. The molecule has 4 aromatic carbocycles. The maximum atomic E-state index is 5.83. The molecule has 4 rings (SSSR count). The van der Waals surface area contributed by atoms with Crippen molar-refractivity contribution >= 4 is 10.8 Å². The third kappa shape index (κ3) is 5.11. The second-order valence-corrected chi connectivity index (χ2v) is 4.66. The third-order valence-corrected chi connectivity index (χ3v) is 3.17. The molecule has 3 heteroatoms. The smallest absolute Gasteiger partial charge is 0.483 e. The molecule has 118 valence electrons. The zero-order valence-electron chi connectivity index (χ0n) is 12.5. The SMILES string of the molecule is O.[Fe+2].c1c[cH-]c(Oc2cccc3ccccc23)c1.c1cc[cH-]c1. The summed E-state index contributed by atoms with van der Waals surface area (Å²) in [4.78, 5) is 0. The van der Waals surface area contributed by atoms with E-state index in [9.17, 15) is 0 Å². The second kappa shape index (κ2) is 9.65. The van der Waals surface area contributed by atoms with Gasteiger partial charge in [0, 0.05) is 11.1 Å². The average Bonchev–Trinajstić information content (AvgIpc) is 3.24. The molecule has 0 fully saturated rings. The molecule has 0 unspecified atom stereocenters. The van der Waals surface area contributed by atoms with E-state index in [0.29, 0.717) is 0 Å². The molecule has 0 spiro atoms. The van der Waals surface area contributed by atoms with Crippen molar-refractivity contribution < 1.29 is 27.3 Å². The molecule has 0 amide bonds. The Hall–Kier alpha value is -2.32. The summed E-state index contributed by atoms with van der Waals surface area (Å²) in [6.07, 6.45) is 0. The maximum Gasteiger partial charge on any atom is 2.00 e. The van der Waals surface area contributed by atoms with Gasteiger partial charge >= 0.3 is 17.1 Å². The molecular formula is C20H18FeO2. The summed E-state index contributed by atoms with van der Waals surface area (Å²) in [6.45, 7) is 0. The molecule has 0 aliphatic carbocycles. The first-order chi connectivity index (χ1) is 10.4. The molecular weight excluding hydrogens is 328 g/mol. The minimum Gasteiger partial charge on any atom is -0.483 e. The Morgan fingerprint density at radius 2 is 1.43 bits per heavy atom. The van der Waals surface area contributed by atoms with E-state index in [1.54, 1.807) is 0 Å². The van der Waals surface area contributed by atoms with Gasteiger partial charge in [0.15, 0.2) is 0 Å². The molecule has 0 aliphatic heterocycles. The van der Waals surface area contributed by atoms with Crippen molar-refractivity contribution in [1.82, 2.24) is 0 Å². The summed E-state index contributed by atoms with van der Waals surface area (Å²) in [6, 6.07) is 32.2. The van der Waals surface area contributed by atoms with Gasteiger partial charge in [0.2, 0.25) is 0 Å². The molecule has 0 heterocycles.